The zero-order valence-corrected chi connectivity index (χ0v) is 33.9. The van der Waals surface area contributed by atoms with Gasteiger partial charge in [-0.05, 0) is 150 Å². The molecule has 0 radical (unpaired) electrons. The second-order valence-corrected chi connectivity index (χ2v) is 18.0. The van der Waals surface area contributed by atoms with Crippen LogP contribution in [0, 0.1) is 17.8 Å². The van der Waals surface area contributed by atoms with Crippen LogP contribution in [0.4, 0.5) is 17.1 Å². The van der Waals surface area contributed by atoms with Crippen LogP contribution in [-0.2, 0) is 5.41 Å². The molecule has 0 amide bonds. The van der Waals surface area contributed by atoms with E-state index in [0.29, 0.717) is 5.41 Å². The predicted molar refractivity (Wildman–Crippen MR) is 252 cm³/mol. The second-order valence-electron chi connectivity index (χ2n) is 18.0. The van der Waals surface area contributed by atoms with Crippen molar-refractivity contribution in [3.8, 4) is 39.1 Å². The molecule has 8 aromatic carbocycles. The standard InChI is InChI=1S/C58H48N2/c1-2-10-43(11-3-1)45-20-28-49(29-21-45)59(50-30-22-46(23-31-50)44-18-26-48(27-19-44)58-37-40-34-41(38-58)36-42(35-40)39-58)51-32-24-47(25-33-51)52-12-4-7-15-55(52)60-56-16-8-5-13-53(56)54-14-6-9-17-57(54)60/h1-33,40-42H,34-39H2. The normalized spacial score (nSPS) is 20.5. The van der Waals surface area contributed by atoms with Crippen molar-refractivity contribution < 1.29 is 0 Å². The molecular formula is C58H48N2. The van der Waals surface area contributed by atoms with Gasteiger partial charge in [0.05, 0.1) is 16.7 Å². The van der Waals surface area contributed by atoms with Gasteiger partial charge in [-0.3, -0.25) is 0 Å². The van der Waals surface area contributed by atoms with Gasteiger partial charge in [0.15, 0.2) is 0 Å². The molecule has 4 aliphatic carbocycles. The van der Waals surface area contributed by atoms with Crippen LogP contribution in [0.1, 0.15) is 44.1 Å². The minimum absolute atomic E-state index is 0.427. The summed E-state index contributed by atoms with van der Waals surface area (Å²) >= 11 is 0. The highest BCUT2D eigenvalue weighted by Gasteiger charge is 2.51. The number of aromatic nitrogens is 1. The van der Waals surface area contributed by atoms with Gasteiger partial charge in [-0.2, -0.15) is 0 Å². The third kappa shape index (κ3) is 6.00. The van der Waals surface area contributed by atoms with Gasteiger partial charge in [0.1, 0.15) is 0 Å². The molecule has 2 heteroatoms. The summed E-state index contributed by atoms with van der Waals surface area (Å²) in [5.74, 6) is 2.87. The van der Waals surface area contributed by atoms with Gasteiger partial charge in [-0.1, -0.05) is 146 Å². The van der Waals surface area contributed by atoms with Gasteiger partial charge in [-0.15, -0.1) is 0 Å². The molecule has 0 N–H and O–H groups in total. The number of benzene rings is 8. The first kappa shape index (κ1) is 35.3. The van der Waals surface area contributed by atoms with Crippen molar-refractivity contribution >= 4 is 38.9 Å². The summed E-state index contributed by atoms with van der Waals surface area (Å²) in [5, 5.41) is 2.54. The van der Waals surface area contributed by atoms with E-state index in [1.165, 1.54) is 99.4 Å². The molecule has 13 rings (SSSR count). The van der Waals surface area contributed by atoms with Gasteiger partial charge in [-0.25, -0.2) is 0 Å². The molecule has 60 heavy (non-hydrogen) atoms. The first-order chi connectivity index (χ1) is 29.7. The molecule has 9 aromatic rings. The number of hydrogen-bond donors (Lipinski definition) is 0. The summed E-state index contributed by atoms with van der Waals surface area (Å²) in [6.07, 6.45) is 8.68. The Morgan fingerprint density at radius 2 is 0.767 bits per heavy atom. The molecule has 4 bridgehead atoms. The quantitative estimate of drug-likeness (QED) is 0.149. The van der Waals surface area contributed by atoms with Crippen LogP contribution in [0.15, 0.2) is 200 Å². The van der Waals surface area contributed by atoms with E-state index in [9.17, 15) is 0 Å². The van der Waals surface area contributed by atoms with E-state index >= 15 is 0 Å². The number of para-hydroxylation sites is 3. The number of anilines is 3. The molecule has 1 aromatic heterocycles. The summed E-state index contributed by atoms with van der Waals surface area (Å²) in [4.78, 5) is 2.39. The van der Waals surface area contributed by atoms with E-state index < -0.39 is 0 Å². The van der Waals surface area contributed by atoms with Crippen LogP contribution in [0.25, 0.3) is 60.9 Å². The highest BCUT2D eigenvalue weighted by atomic mass is 15.1. The van der Waals surface area contributed by atoms with Crippen molar-refractivity contribution in [2.24, 2.45) is 17.8 Å². The molecule has 0 unspecified atom stereocenters. The summed E-state index contributed by atoms with van der Waals surface area (Å²) in [6, 6.07) is 74.0. The van der Waals surface area contributed by atoms with Gasteiger partial charge < -0.3 is 9.47 Å². The predicted octanol–water partition coefficient (Wildman–Crippen LogP) is 15.7. The minimum Gasteiger partial charge on any atom is -0.311 e. The number of hydrogen-bond acceptors (Lipinski definition) is 1. The van der Waals surface area contributed by atoms with E-state index in [1.54, 1.807) is 5.56 Å². The third-order valence-corrected chi connectivity index (χ3v) is 14.4. The number of fused-ring (bicyclic) bond motifs is 3. The smallest absolute Gasteiger partial charge is 0.0541 e. The number of rotatable bonds is 8. The first-order valence-corrected chi connectivity index (χ1v) is 22.0. The fourth-order valence-corrected chi connectivity index (χ4v) is 12.0. The molecule has 4 aliphatic rings. The van der Waals surface area contributed by atoms with Gasteiger partial charge >= 0.3 is 0 Å². The Labute approximate surface area is 353 Å². The maximum Gasteiger partial charge on any atom is 0.0541 e. The van der Waals surface area contributed by atoms with Gasteiger partial charge in [0.25, 0.3) is 0 Å². The molecule has 0 aliphatic heterocycles. The zero-order valence-electron chi connectivity index (χ0n) is 33.9. The lowest BCUT2D eigenvalue weighted by atomic mass is 9.48. The van der Waals surface area contributed by atoms with Gasteiger partial charge in [0.2, 0.25) is 0 Å². The maximum absolute atomic E-state index is 2.47. The molecule has 2 nitrogen and oxygen atoms in total. The third-order valence-electron chi connectivity index (χ3n) is 14.4. The van der Waals surface area contributed by atoms with E-state index in [2.05, 4.69) is 210 Å². The van der Waals surface area contributed by atoms with E-state index in [0.717, 1.165) is 34.8 Å². The summed E-state index contributed by atoms with van der Waals surface area (Å²) in [5.41, 5.74) is 16.4. The van der Waals surface area contributed by atoms with Gasteiger partial charge in [0, 0.05) is 33.4 Å². The summed E-state index contributed by atoms with van der Waals surface area (Å²) in [6.45, 7) is 0. The van der Waals surface area contributed by atoms with Crippen LogP contribution < -0.4 is 4.90 Å². The average Bonchev–Trinajstić information content (AvgIpc) is 3.64. The Bertz CT molecular complexity index is 2880. The van der Waals surface area contributed by atoms with Crippen LogP contribution in [0.2, 0.25) is 0 Å². The van der Waals surface area contributed by atoms with Crippen molar-refractivity contribution in [2.45, 2.75) is 43.9 Å². The Hall–Kier alpha value is -6.64. The highest BCUT2D eigenvalue weighted by molar-refractivity contribution is 6.09. The van der Waals surface area contributed by atoms with E-state index in [4.69, 9.17) is 0 Å². The summed E-state index contributed by atoms with van der Waals surface area (Å²) < 4.78 is 2.42. The monoisotopic (exact) mass is 772 g/mol. The lowest BCUT2D eigenvalue weighted by molar-refractivity contribution is -0.00518. The molecule has 4 saturated carbocycles. The van der Waals surface area contributed by atoms with E-state index in [-0.39, 0.29) is 0 Å². The molecule has 290 valence electrons. The van der Waals surface area contributed by atoms with E-state index in [1.807, 2.05) is 0 Å². The van der Waals surface area contributed by atoms with Crippen molar-refractivity contribution in [3.05, 3.63) is 206 Å². The largest absolute Gasteiger partial charge is 0.311 e. The van der Waals surface area contributed by atoms with Crippen molar-refractivity contribution in [1.29, 1.82) is 0 Å². The van der Waals surface area contributed by atoms with Crippen LogP contribution >= 0.6 is 0 Å². The molecule has 1 heterocycles. The Morgan fingerprint density at radius 3 is 1.28 bits per heavy atom. The van der Waals surface area contributed by atoms with Crippen molar-refractivity contribution in [3.63, 3.8) is 0 Å². The molecule has 0 saturated heterocycles. The second kappa shape index (κ2) is 14.3. The van der Waals surface area contributed by atoms with Crippen LogP contribution in [0.5, 0.6) is 0 Å². The van der Waals surface area contributed by atoms with Crippen LogP contribution in [-0.4, -0.2) is 4.57 Å². The average molecular weight is 773 g/mol. The minimum atomic E-state index is 0.427. The highest BCUT2D eigenvalue weighted by Crippen LogP contribution is 2.60. The fraction of sp³-hybridized carbons (Fsp3) is 0.172. The zero-order chi connectivity index (χ0) is 39.6. The molecule has 0 spiro atoms. The SMILES string of the molecule is c1ccc(-c2ccc(N(c3ccc(-c4ccc(C56CC7CC(CC(C7)C5)C6)cc4)cc3)c3ccc(-c4ccccc4-n4c5ccccc5c5ccccc54)cc3)cc2)cc1. The molecular weight excluding hydrogens is 725 g/mol. The lowest BCUT2D eigenvalue weighted by Gasteiger charge is -2.57. The molecule has 0 atom stereocenters. The topological polar surface area (TPSA) is 8.17 Å². The Morgan fingerprint density at radius 1 is 0.367 bits per heavy atom. The van der Waals surface area contributed by atoms with Crippen molar-refractivity contribution in [1.82, 2.24) is 4.57 Å². The Kier molecular flexibility index (Phi) is 8.40. The Balaban J connectivity index is 0.892. The lowest BCUT2D eigenvalue weighted by Crippen LogP contribution is -2.48. The molecule has 4 fully saturated rings. The summed E-state index contributed by atoms with van der Waals surface area (Å²) in [7, 11) is 0. The first-order valence-electron chi connectivity index (χ1n) is 22.0. The van der Waals surface area contributed by atoms with Crippen molar-refractivity contribution in [2.75, 3.05) is 4.90 Å². The van der Waals surface area contributed by atoms with Crippen LogP contribution in [0.3, 0.4) is 0 Å². The fourth-order valence-electron chi connectivity index (χ4n) is 12.0. The number of nitrogens with zero attached hydrogens (tertiary/aromatic N) is 2. The maximum atomic E-state index is 2.47.